The Hall–Kier alpha value is -3.55. The molecular weight excluding hydrogens is 470 g/mol. The summed E-state index contributed by atoms with van der Waals surface area (Å²) in [6, 6.07) is 21.1. The molecule has 0 radical (unpaired) electrons. The summed E-state index contributed by atoms with van der Waals surface area (Å²) in [7, 11) is 0. The molecule has 5 rings (SSSR count). The molecule has 0 saturated carbocycles. The maximum absolute atomic E-state index is 12.9. The lowest BCUT2D eigenvalue weighted by Gasteiger charge is -2.26. The number of aryl methyl sites for hydroxylation is 1. The number of pyridine rings is 1. The van der Waals surface area contributed by atoms with Gasteiger partial charge in [-0.1, -0.05) is 35.9 Å². The molecule has 0 aliphatic carbocycles. The van der Waals surface area contributed by atoms with Crippen LogP contribution in [-0.4, -0.2) is 21.8 Å². The standard InChI is InChI=1S/C26H22ClN3O3S/c1-16-5-7-18-11-19(25(31)29-22(18)9-16)14-30(26(34)28-21-4-2-3-20(27)12-21)13-17-6-8-23-24(10-17)33-15-32-23/h2-12H,13-15H2,1H3,(H,28,34)(H,29,31). The highest BCUT2D eigenvalue weighted by molar-refractivity contribution is 7.80. The number of ether oxygens (including phenoxy) is 2. The van der Waals surface area contributed by atoms with Crippen molar-refractivity contribution >= 4 is 45.5 Å². The molecule has 0 atom stereocenters. The molecule has 0 unspecified atom stereocenters. The van der Waals surface area contributed by atoms with Gasteiger partial charge in [0.1, 0.15) is 0 Å². The molecule has 6 nitrogen and oxygen atoms in total. The molecule has 0 spiro atoms. The highest BCUT2D eigenvalue weighted by Gasteiger charge is 2.18. The first-order valence-corrected chi connectivity index (χ1v) is 11.6. The Morgan fingerprint density at radius 2 is 1.91 bits per heavy atom. The fourth-order valence-electron chi connectivity index (χ4n) is 3.91. The van der Waals surface area contributed by atoms with Crippen molar-refractivity contribution in [1.82, 2.24) is 9.88 Å². The second-order valence-electron chi connectivity index (χ2n) is 8.20. The van der Waals surface area contributed by atoms with Gasteiger partial charge in [0.2, 0.25) is 6.79 Å². The molecule has 8 heteroatoms. The Morgan fingerprint density at radius 3 is 2.76 bits per heavy atom. The first-order chi connectivity index (χ1) is 16.4. The minimum Gasteiger partial charge on any atom is -0.454 e. The van der Waals surface area contributed by atoms with E-state index in [1.165, 1.54) is 0 Å². The molecule has 34 heavy (non-hydrogen) atoms. The molecule has 4 aromatic rings. The molecule has 0 bridgehead atoms. The predicted octanol–water partition coefficient (Wildman–Crippen LogP) is 5.62. The van der Waals surface area contributed by atoms with Crippen LogP contribution in [0, 0.1) is 6.92 Å². The van der Waals surface area contributed by atoms with Gasteiger partial charge in [-0.2, -0.15) is 0 Å². The average molecular weight is 492 g/mol. The SMILES string of the molecule is Cc1ccc2cc(CN(Cc3ccc4c(c3)OCO4)C(=S)Nc3cccc(Cl)c3)c(=O)[nH]c2c1. The second-order valence-corrected chi connectivity index (χ2v) is 9.02. The zero-order valence-electron chi connectivity index (χ0n) is 18.4. The van der Waals surface area contributed by atoms with Crippen molar-refractivity contribution in [3.05, 3.63) is 98.8 Å². The molecule has 0 fully saturated rings. The van der Waals surface area contributed by atoms with Crippen molar-refractivity contribution < 1.29 is 9.47 Å². The van der Waals surface area contributed by atoms with E-state index in [-0.39, 0.29) is 12.4 Å². The molecule has 1 aliphatic rings. The number of nitrogens with one attached hydrogen (secondary N) is 2. The Bertz CT molecular complexity index is 1450. The second kappa shape index (κ2) is 9.37. The average Bonchev–Trinajstić information content (AvgIpc) is 3.27. The highest BCUT2D eigenvalue weighted by atomic mass is 35.5. The van der Waals surface area contributed by atoms with Crippen LogP contribution in [0.1, 0.15) is 16.7 Å². The first-order valence-electron chi connectivity index (χ1n) is 10.8. The maximum Gasteiger partial charge on any atom is 0.253 e. The summed E-state index contributed by atoms with van der Waals surface area (Å²) >= 11 is 11.9. The number of thiocarbonyl (C=S) groups is 1. The summed E-state index contributed by atoms with van der Waals surface area (Å²) in [6.07, 6.45) is 0. The van der Waals surface area contributed by atoms with Gasteiger partial charge in [0.05, 0.1) is 6.54 Å². The van der Waals surface area contributed by atoms with Gasteiger partial charge in [-0.15, -0.1) is 0 Å². The molecule has 0 amide bonds. The lowest BCUT2D eigenvalue weighted by molar-refractivity contribution is 0.174. The van der Waals surface area contributed by atoms with Gasteiger partial charge < -0.3 is 24.7 Å². The van der Waals surface area contributed by atoms with Gasteiger partial charge in [0.15, 0.2) is 16.6 Å². The lowest BCUT2D eigenvalue weighted by Crippen LogP contribution is -2.35. The first kappa shape index (κ1) is 22.3. The number of nitrogens with zero attached hydrogens (tertiary/aromatic N) is 1. The van der Waals surface area contributed by atoms with E-state index >= 15 is 0 Å². The molecule has 2 heterocycles. The van der Waals surface area contributed by atoms with Crippen molar-refractivity contribution in [3.63, 3.8) is 0 Å². The molecule has 2 N–H and O–H groups in total. The van der Waals surface area contributed by atoms with Crippen LogP contribution in [0.5, 0.6) is 11.5 Å². The molecule has 3 aromatic carbocycles. The van der Waals surface area contributed by atoms with Crippen LogP contribution in [0.25, 0.3) is 10.9 Å². The number of hydrogen-bond acceptors (Lipinski definition) is 4. The summed E-state index contributed by atoms with van der Waals surface area (Å²) in [5.74, 6) is 1.42. The number of benzene rings is 3. The van der Waals surface area contributed by atoms with E-state index < -0.39 is 0 Å². The smallest absolute Gasteiger partial charge is 0.253 e. The van der Waals surface area contributed by atoms with E-state index in [4.69, 9.17) is 33.3 Å². The lowest BCUT2D eigenvalue weighted by atomic mass is 10.1. The van der Waals surface area contributed by atoms with Crippen molar-refractivity contribution in [2.24, 2.45) is 0 Å². The normalized spacial score (nSPS) is 12.1. The maximum atomic E-state index is 12.9. The monoisotopic (exact) mass is 491 g/mol. The fraction of sp³-hybridized carbons (Fsp3) is 0.154. The summed E-state index contributed by atoms with van der Waals surface area (Å²) < 4.78 is 11.0. The summed E-state index contributed by atoms with van der Waals surface area (Å²) in [5, 5.41) is 5.30. The zero-order valence-corrected chi connectivity index (χ0v) is 20.0. The number of anilines is 1. The topological polar surface area (TPSA) is 66.6 Å². The van der Waals surface area contributed by atoms with Crippen molar-refractivity contribution in [3.8, 4) is 11.5 Å². The summed E-state index contributed by atoms with van der Waals surface area (Å²) in [4.78, 5) is 17.9. The van der Waals surface area contributed by atoms with Crippen molar-refractivity contribution in [1.29, 1.82) is 0 Å². The highest BCUT2D eigenvalue weighted by Crippen LogP contribution is 2.33. The predicted molar refractivity (Wildman–Crippen MR) is 139 cm³/mol. The fourth-order valence-corrected chi connectivity index (χ4v) is 4.35. The number of aromatic amines is 1. The molecule has 172 valence electrons. The number of hydrogen-bond donors (Lipinski definition) is 2. The number of rotatable bonds is 5. The van der Waals surface area contributed by atoms with Crippen LogP contribution in [0.4, 0.5) is 5.69 Å². The zero-order chi connectivity index (χ0) is 23.7. The Balaban J connectivity index is 1.46. The molecule has 1 aromatic heterocycles. The van der Waals surface area contributed by atoms with E-state index in [1.54, 1.807) is 12.1 Å². The van der Waals surface area contributed by atoms with Gasteiger partial charge in [0.25, 0.3) is 5.56 Å². The number of aromatic nitrogens is 1. The van der Waals surface area contributed by atoms with Crippen LogP contribution >= 0.6 is 23.8 Å². The van der Waals surface area contributed by atoms with Gasteiger partial charge in [0, 0.05) is 28.3 Å². The van der Waals surface area contributed by atoms with E-state index in [9.17, 15) is 4.79 Å². The number of halogens is 1. The van der Waals surface area contributed by atoms with Crippen LogP contribution < -0.4 is 20.3 Å². The van der Waals surface area contributed by atoms with E-state index in [0.717, 1.165) is 33.5 Å². The third-order valence-corrected chi connectivity index (χ3v) is 6.21. The third kappa shape index (κ3) is 4.85. The van der Waals surface area contributed by atoms with E-state index in [1.807, 2.05) is 66.4 Å². The minimum atomic E-state index is -0.139. The van der Waals surface area contributed by atoms with Crippen molar-refractivity contribution in [2.75, 3.05) is 12.1 Å². The molecule has 1 aliphatic heterocycles. The molecule has 0 saturated heterocycles. The van der Waals surface area contributed by atoms with Crippen molar-refractivity contribution in [2.45, 2.75) is 20.0 Å². The number of H-pyrrole nitrogens is 1. The van der Waals surface area contributed by atoms with Crippen LogP contribution in [0.2, 0.25) is 5.02 Å². The summed E-state index contributed by atoms with van der Waals surface area (Å²) in [6.45, 7) is 3.00. The minimum absolute atomic E-state index is 0.139. The van der Waals surface area contributed by atoms with Gasteiger partial charge in [-0.05, 0) is 78.1 Å². The summed E-state index contributed by atoms with van der Waals surface area (Å²) in [5.41, 5.74) is 4.14. The van der Waals surface area contributed by atoms with Gasteiger partial charge in [-0.3, -0.25) is 4.79 Å². The largest absolute Gasteiger partial charge is 0.454 e. The quantitative estimate of drug-likeness (QED) is 0.353. The van der Waals surface area contributed by atoms with Gasteiger partial charge >= 0.3 is 0 Å². The Labute approximate surface area is 207 Å². The Morgan fingerprint density at radius 1 is 1.06 bits per heavy atom. The van der Waals surface area contributed by atoms with Gasteiger partial charge in [-0.25, -0.2) is 0 Å². The third-order valence-electron chi connectivity index (χ3n) is 5.61. The van der Waals surface area contributed by atoms with E-state index in [2.05, 4.69) is 10.3 Å². The van der Waals surface area contributed by atoms with E-state index in [0.29, 0.717) is 34.5 Å². The van der Waals surface area contributed by atoms with Crippen LogP contribution in [0.3, 0.4) is 0 Å². The van der Waals surface area contributed by atoms with Crippen LogP contribution in [0.15, 0.2) is 71.5 Å². The Kier molecular flexibility index (Phi) is 6.13. The van der Waals surface area contributed by atoms with Crippen LogP contribution in [-0.2, 0) is 13.1 Å². The molecular formula is C26H22ClN3O3S. The number of fused-ring (bicyclic) bond motifs is 2.